The van der Waals surface area contributed by atoms with Gasteiger partial charge in [0.2, 0.25) is 0 Å². The number of nitrogens with zero attached hydrogens (tertiary/aromatic N) is 1. The van der Waals surface area contributed by atoms with E-state index in [4.69, 9.17) is 0 Å². The molecule has 0 saturated heterocycles. The van der Waals surface area contributed by atoms with Gasteiger partial charge in [0.1, 0.15) is 13.1 Å². The van der Waals surface area contributed by atoms with Crippen LogP contribution >= 0.6 is 0 Å². The van der Waals surface area contributed by atoms with Crippen molar-refractivity contribution in [3.05, 3.63) is 230 Å². The van der Waals surface area contributed by atoms with Crippen molar-refractivity contribution in [1.82, 2.24) is 0 Å². The maximum absolute atomic E-state index is 2.54. The van der Waals surface area contributed by atoms with Gasteiger partial charge in [-0.25, -0.2) is 0 Å². The Kier molecular flexibility index (Phi) is 13.1. The fourth-order valence-corrected chi connectivity index (χ4v) is 11.1. The molecule has 0 N–H and O–H groups in total. The highest BCUT2D eigenvalue weighted by molar-refractivity contribution is 6.12. The molecule has 0 bridgehead atoms. The number of halogens is 1. The zero-order chi connectivity index (χ0) is 45.2. The Morgan fingerprint density at radius 3 is 0.941 bits per heavy atom. The third-order valence-electron chi connectivity index (χ3n) is 14.4. The lowest BCUT2D eigenvalue weighted by Gasteiger charge is -2.39. The molecule has 0 fully saturated rings. The summed E-state index contributed by atoms with van der Waals surface area (Å²) in [7, 11) is 0. The molecule has 0 radical (unpaired) electrons. The van der Waals surface area contributed by atoms with Crippen LogP contribution in [0.25, 0.3) is 99.4 Å². The summed E-state index contributed by atoms with van der Waals surface area (Å²) in [5.74, 6) is 0. The van der Waals surface area contributed by atoms with Gasteiger partial charge in [0, 0.05) is 22.3 Å². The van der Waals surface area contributed by atoms with E-state index >= 15 is 0 Å². The van der Waals surface area contributed by atoms with Crippen LogP contribution in [-0.2, 0) is 13.1 Å². The molecule has 0 aliphatic carbocycles. The van der Waals surface area contributed by atoms with Crippen LogP contribution in [0.5, 0.6) is 0 Å². The van der Waals surface area contributed by atoms with Gasteiger partial charge in [-0.1, -0.05) is 197 Å². The molecule has 1 aliphatic heterocycles. The molecule has 1 nitrogen and oxygen atoms in total. The van der Waals surface area contributed by atoms with Crippen molar-refractivity contribution < 1.29 is 21.5 Å². The Bertz CT molecular complexity index is 3010. The van der Waals surface area contributed by atoms with Crippen LogP contribution in [0.15, 0.2) is 218 Å². The third kappa shape index (κ3) is 8.76. The van der Waals surface area contributed by atoms with E-state index in [2.05, 4.69) is 232 Å². The van der Waals surface area contributed by atoms with Crippen molar-refractivity contribution in [2.24, 2.45) is 0 Å². The van der Waals surface area contributed by atoms with E-state index in [0.717, 1.165) is 30.7 Å². The summed E-state index contributed by atoms with van der Waals surface area (Å²) in [6.45, 7) is 8.93. The van der Waals surface area contributed by atoms with E-state index < -0.39 is 0 Å². The van der Waals surface area contributed by atoms with Crippen LogP contribution in [0.2, 0.25) is 0 Å². The van der Waals surface area contributed by atoms with Gasteiger partial charge in [0.25, 0.3) is 0 Å². The molecule has 1 aliphatic rings. The first kappa shape index (κ1) is 45.0. The van der Waals surface area contributed by atoms with Crippen LogP contribution in [0.3, 0.4) is 0 Å². The monoisotopic (exact) mass is 943 g/mol. The van der Waals surface area contributed by atoms with Gasteiger partial charge in [-0.05, 0) is 150 Å². The fourth-order valence-electron chi connectivity index (χ4n) is 11.1. The van der Waals surface area contributed by atoms with E-state index in [1.165, 1.54) is 136 Å². The van der Waals surface area contributed by atoms with Crippen molar-refractivity contribution in [3.63, 3.8) is 0 Å². The summed E-state index contributed by atoms with van der Waals surface area (Å²) in [5.41, 5.74) is 20.9. The molecule has 10 aromatic carbocycles. The Labute approximate surface area is 413 Å². The Hall–Kier alpha value is -6.84. The average molecular weight is 945 g/mol. The highest BCUT2D eigenvalue weighted by Gasteiger charge is 2.37. The molecule has 0 atom stereocenters. The minimum atomic E-state index is 0. The fraction of sp³-hybridized carbons (Fsp3) is 0.152. The lowest BCUT2D eigenvalue weighted by atomic mass is 9.81. The zero-order valence-electron chi connectivity index (χ0n) is 39.3. The van der Waals surface area contributed by atoms with E-state index in [-0.39, 0.29) is 17.0 Å². The summed E-state index contributed by atoms with van der Waals surface area (Å²) >= 11 is 0. The highest BCUT2D eigenvalue weighted by atomic mass is 79.9. The number of quaternary nitrogens is 1. The van der Waals surface area contributed by atoms with Gasteiger partial charge in [0.15, 0.2) is 0 Å². The smallest absolute Gasteiger partial charge is 0.106 e. The van der Waals surface area contributed by atoms with E-state index in [0.29, 0.717) is 0 Å². The van der Waals surface area contributed by atoms with Crippen molar-refractivity contribution in [2.45, 2.75) is 52.6 Å². The van der Waals surface area contributed by atoms with Gasteiger partial charge < -0.3 is 21.5 Å². The van der Waals surface area contributed by atoms with Gasteiger partial charge in [-0.3, -0.25) is 0 Å². The number of fused-ring (bicyclic) bond motifs is 7. The first-order valence-electron chi connectivity index (χ1n) is 24.6. The predicted molar refractivity (Wildman–Crippen MR) is 287 cm³/mol. The van der Waals surface area contributed by atoms with E-state index in [1.54, 1.807) is 0 Å². The Balaban J connectivity index is 0.00000539. The minimum Gasteiger partial charge on any atom is -1.00 e. The zero-order valence-corrected chi connectivity index (χ0v) is 40.9. The predicted octanol–water partition coefficient (Wildman–Crippen LogP) is 15.1. The summed E-state index contributed by atoms with van der Waals surface area (Å²) in [6, 6.07) is 82.0. The molecule has 334 valence electrons. The standard InChI is InChI=1S/C66H58N.BrH/c1-3-5-35-67(36-6-4-2)45-63-61(57-39-53(47-23-11-7-12-24-47)37-54(40-57)48-25-13-8-14-26-48)43-51-31-19-21-33-59(51)65(63)66-60-34-22-20-32-52(60)44-62(64(66)46-67)58-41-55(49-27-15-9-16-28-49)38-56(42-58)50-29-17-10-18-30-50;/h7-34,37-44H,3-6,35-36,45-46H2,1-2H3;1H/q+1;/p-1. The van der Waals surface area contributed by atoms with Crippen molar-refractivity contribution in [3.8, 4) is 77.9 Å². The number of hydrogen-bond donors (Lipinski definition) is 0. The first-order valence-corrected chi connectivity index (χ1v) is 24.6. The van der Waals surface area contributed by atoms with E-state index in [1.807, 2.05) is 0 Å². The molecule has 68 heavy (non-hydrogen) atoms. The SMILES string of the molecule is CCCC[N+]1(CCCC)Cc2c(-c3cc(-c4ccccc4)cc(-c4ccccc4)c3)cc3ccccc3c2-c2c(c(-c3cc(-c4ccccc4)cc(-c4ccccc4)c3)cc3ccccc23)C1.[Br-]. The minimum absolute atomic E-state index is 0. The summed E-state index contributed by atoms with van der Waals surface area (Å²) in [5, 5.41) is 5.23. The molecule has 0 saturated carbocycles. The Morgan fingerprint density at radius 2 is 0.618 bits per heavy atom. The molecule has 0 spiro atoms. The molecule has 0 aromatic heterocycles. The number of benzene rings is 10. The average Bonchev–Trinajstić information content (AvgIpc) is 3.55. The quantitative estimate of drug-likeness (QED) is 0.107. The molecule has 0 unspecified atom stereocenters. The second-order valence-electron chi connectivity index (χ2n) is 18.9. The maximum Gasteiger partial charge on any atom is 0.106 e. The maximum atomic E-state index is 2.54. The van der Waals surface area contributed by atoms with Gasteiger partial charge in [-0.15, -0.1) is 0 Å². The number of rotatable bonds is 12. The van der Waals surface area contributed by atoms with Gasteiger partial charge >= 0.3 is 0 Å². The van der Waals surface area contributed by atoms with Gasteiger partial charge in [-0.2, -0.15) is 0 Å². The normalized spacial score (nSPS) is 12.8. The molecule has 11 rings (SSSR count). The lowest BCUT2D eigenvalue weighted by molar-refractivity contribution is -0.953. The highest BCUT2D eigenvalue weighted by Crippen LogP contribution is 2.51. The van der Waals surface area contributed by atoms with E-state index in [9.17, 15) is 0 Å². The molecular formula is C66H58BrN. The lowest BCUT2D eigenvalue weighted by Crippen LogP contribution is -3.00. The largest absolute Gasteiger partial charge is 1.00 e. The summed E-state index contributed by atoms with van der Waals surface area (Å²) in [6.07, 6.45) is 4.70. The van der Waals surface area contributed by atoms with Crippen molar-refractivity contribution in [2.75, 3.05) is 13.1 Å². The van der Waals surface area contributed by atoms with Crippen LogP contribution in [0.4, 0.5) is 0 Å². The molecule has 10 aromatic rings. The second-order valence-corrected chi connectivity index (χ2v) is 18.9. The molecule has 0 amide bonds. The van der Waals surface area contributed by atoms with Crippen LogP contribution < -0.4 is 17.0 Å². The van der Waals surface area contributed by atoms with Crippen LogP contribution in [-0.4, -0.2) is 17.6 Å². The summed E-state index contributed by atoms with van der Waals surface area (Å²) < 4.78 is 1.02. The number of unbranched alkanes of at least 4 members (excludes halogenated alkanes) is 2. The summed E-state index contributed by atoms with van der Waals surface area (Å²) in [4.78, 5) is 0. The van der Waals surface area contributed by atoms with Crippen molar-refractivity contribution >= 4 is 21.5 Å². The van der Waals surface area contributed by atoms with Gasteiger partial charge in [0.05, 0.1) is 13.1 Å². The molecule has 1 heterocycles. The van der Waals surface area contributed by atoms with Crippen molar-refractivity contribution in [1.29, 1.82) is 0 Å². The topological polar surface area (TPSA) is 0 Å². The van der Waals surface area contributed by atoms with Crippen LogP contribution in [0, 0.1) is 0 Å². The number of hydrogen-bond acceptors (Lipinski definition) is 0. The first-order chi connectivity index (χ1) is 33.1. The molecule has 2 heteroatoms. The second kappa shape index (κ2) is 19.8. The third-order valence-corrected chi connectivity index (χ3v) is 14.4. The molecular weight excluding hydrogens is 887 g/mol. The van der Waals surface area contributed by atoms with Crippen LogP contribution in [0.1, 0.15) is 50.7 Å². The Morgan fingerprint density at radius 1 is 0.324 bits per heavy atom.